The molecule has 0 radical (unpaired) electrons. The number of nitrogens with zero attached hydrogens (tertiary/aromatic N) is 2. The Balaban J connectivity index is 1.50. The molecule has 1 aliphatic heterocycles. The summed E-state index contributed by atoms with van der Waals surface area (Å²) in [5, 5.41) is 2.18. The van der Waals surface area contributed by atoms with Gasteiger partial charge in [0.15, 0.2) is 9.84 Å². The van der Waals surface area contributed by atoms with Gasteiger partial charge in [-0.05, 0) is 41.8 Å². The predicted molar refractivity (Wildman–Crippen MR) is 124 cm³/mol. The first-order valence-electron chi connectivity index (χ1n) is 10.8. The van der Waals surface area contributed by atoms with Crippen molar-refractivity contribution in [3.8, 4) is 0 Å². The third kappa shape index (κ3) is 5.23. The van der Waals surface area contributed by atoms with E-state index in [-0.39, 0.29) is 10.8 Å². The second-order valence-electron chi connectivity index (χ2n) is 8.08. The molecule has 32 heavy (non-hydrogen) atoms. The first-order valence-corrected chi connectivity index (χ1v) is 12.3. The molecule has 0 aliphatic carbocycles. The van der Waals surface area contributed by atoms with E-state index in [9.17, 15) is 13.2 Å². The fourth-order valence-corrected chi connectivity index (χ4v) is 6.12. The summed E-state index contributed by atoms with van der Waals surface area (Å²) in [6.07, 6.45) is 4.11. The van der Waals surface area contributed by atoms with E-state index >= 15 is 0 Å². The number of rotatable bonds is 8. The topological polar surface area (TPSA) is 79.4 Å². The summed E-state index contributed by atoms with van der Waals surface area (Å²) in [5.41, 5.74) is 2.17. The number of benzene rings is 2. The quantitative estimate of drug-likeness (QED) is 0.572. The van der Waals surface area contributed by atoms with Gasteiger partial charge < -0.3 is 5.32 Å². The van der Waals surface area contributed by atoms with Crippen molar-refractivity contribution in [2.24, 2.45) is 5.92 Å². The molecule has 2 heterocycles. The van der Waals surface area contributed by atoms with Gasteiger partial charge in [0.05, 0.1) is 16.1 Å². The van der Waals surface area contributed by atoms with Gasteiger partial charge in [0.25, 0.3) is 0 Å². The smallest absolute Gasteiger partial charge is 0.225 e. The molecule has 3 aromatic rings. The molecule has 1 amide bonds. The van der Waals surface area contributed by atoms with E-state index in [4.69, 9.17) is 0 Å². The second kappa shape index (κ2) is 10.1. The van der Waals surface area contributed by atoms with Crippen molar-refractivity contribution < 1.29 is 13.2 Å². The van der Waals surface area contributed by atoms with E-state index in [0.717, 1.165) is 11.1 Å². The Bertz CT molecular complexity index is 1120. The molecule has 0 saturated carbocycles. The molecule has 2 atom stereocenters. The lowest BCUT2D eigenvalue weighted by atomic mass is 10.1. The van der Waals surface area contributed by atoms with E-state index in [0.29, 0.717) is 32.6 Å². The fraction of sp³-hybridized carbons (Fsp3) is 0.280. The van der Waals surface area contributed by atoms with Crippen LogP contribution in [0, 0.1) is 5.92 Å². The summed E-state index contributed by atoms with van der Waals surface area (Å²) >= 11 is 0. The largest absolute Gasteiger partial charge is 0.355 e. The molecule has 166 valence electrons. The third-order valence-electron chi connectivity index (χ3n) is 5.86. The molecule has 1 saturated heterocycles. The molecule has 7 heteroatoms. The Morgan fingerprint density at radius 2 is 1.56 bits per heavy atom. The standard InChI is InChI=1S/C25H27N3O3S/c29-25(27-16-13-20-11-14-26-15-12-20)23-18-28(17-21-7-3-1-4-8-21)19-24(23)32(30,31)22-9-5-2-6-10-22/h1-12,14-15,23-24H,13,16-19H2,(H,27,29)/t23-,24-/m1/s1. The van der Waals surface area contributed by atoms with Crippen LogP contribution in [0.4, 0.5) is 0 Å². The number of aromatic nitrogens is 1. The molecular weight excluding hydrogens is 422 g/mol. The van der Waals surface area contributed by atoms with Gasteiger partial charge in [-0.1, -0.05) is 48.5 Å². The first-order chi connectivity index (χ1) is 15.5. The number of nitrogens with one attached hydrogen (secondary N) is 1. The summed E-state index contributed by atoms with van der Waals surface area (Å²) in [5.74, 6) is -0.833. The maximum absolute atomic E-state index is 13.4. The third-order valence-corrected chi connectivity index (χ3v) is 8.06. The Labute approximate surface area is 189 Å². The van der Waals surface area contributed by atoms with Gasteiger partial charge in [-0.25, -0.2) is 8.42 Å². The maximum Gasteiger partial charge on any atom is 0.225 e. The molecule has 0 bridgehead atoms. The number of pyridine rings is 1. The highest BCUT2D eigenvalue weighted by Gasteiger charge is 2.45. The van der Waals surface area contributed by atoms with Crippen molar-refractivity contribution >= 4 is 15.7 Å². The summed E-state index contributed by atoms with van der Waals surface area (Å²) in [6.45, 7) is 1.81. The van der Waals surface area contributed by atoms with Gasteiger partial charge in [-0.2, -0.15) is 0 Å². The van der Waals surface area contributed by atoms with Gasteiger partial charge in [-0.3, -0.25) is 14.7 Å². The molecule has 1 aliphatic rings. The minimum Gasteiger partial charge on any atom is -0.355 e. The minimum atomic E-state index is -3.65. The van der Waals surface area contributed by atoms with Crippen molar-refractivity contribution in [2.75, 3.05) is 19.6 Å². The second-order valence-corrected chi connectivity index (χ2v) is 10.2. The Morgan fingerprint density at radius 3 is 2.25 bits per heavy atom. The van der Waals surface area contributed by atoms with Crippen LogP contribution in [0.1, 0.15) is 11.1 Å². The van der Waals surface area contributed by atoms with Crippen molar-refractivity contribution in [3.63, 3.8) is 0 Å². The van der Waals surface area contributed by atoms with Crippen molar-refractivity contribution in [1.29, 1.82) is 0 Å². The Kier molecular flexibility index (Phi) is 6.97. The summed E-state index contributed by atoms with van der Waals surface area (Å²) in [6, 6.07) is 22.2. The lowest BCUT2D eigenvalue weighted by molar-refractivity contribution is -0.124. The van der Waals surface area contributed by atoms with Crippen LogP contribution < -0.4 is 5.32 Å². The summed E-state index contributed by atoms with van der Waals surface area (Å²) in [4.78, 5) is 19.4. The van der Waals surface area contributed by atoms with Gasteiger partial charge in [-0.15, -0.1) is 0 Å². The monoisotopic (exact) mass is 449 g/mol. The van der Waals surface area contributed by atoms with Crippen LogP contribution in [-0.2, 0) is 27.6 Å². The normalized spacial score (nSPS) is 19.0. The molecule has 0 unspecified atom stereocenters. The fourth-order valence-electron chi connectivity index (χ4n) is 4.18. The minimum absolute atomic E-state index is 0.209. The van der Waals surface area contributed by atoms with Crippen LogP contribution in [0.5, 0.6) is 0 Å². The van der Waals surface area contributed by atoms with E-state index in [1.807, 2.05) is 42.5 Å². The zero-order valence-corrected chi connectivity index (χ0v) is 18.6. The average Bonchev–Trinajstić information content (AvgIpc) is 3.26. The number of carbonyl (C=O) groups excluding carboxylic acids is 1. The molecule has 6 nitrogen and oxygen atoms in total. The lowest BCUT2D eigenvalue weighted by Gasteiger charge is -2.18. The number of amides is 1. The summed E-state index contributed by atoms with van der Waals surface area (Å²) < 4.78 is 26.9. The highest BCUT2D eigenvalue weighted by molar-refractivity contribution is 7.92. The zero-order chi connectivity index (χ0) is 22.4. The molecule has 0 spiro atoms. The zero-order valence-electron chi connectivity index (χ0n) is 17.8. The highest BCUT2D eigenvalue weighted by atomic mass is 32.2. The van der Waals surface area contributed by atoms with Crippen LogP contribution in [0.25, 0.3) is 0 Å². The molecule has 1 fully saturated rings. The highest BCUT2D eigenvalue weighted by Crippen LogP contribution is 2.29. The van der Waals surface area contributed by atoms with Crippen LogP contribution >= 0.6 is 0 Å². The van der Waals surface area contributed by atoms with Gasteiger partial charge in [0, 0.05) is 38.6 Å². The van der Waals surface area contributed by atoms with Crippen LogP contribution in [0.2, 0.25) is 0 Å². The molecule has 1 N–H and O–H groups in total. The number of carbonyl (C=O) groups is 1. The number of likely N-dealkylation sites (tertiary alicyclic amines) is 1. The predicted octanol–water partition coefficient (Wildman–Crippen LogP) is 2.71. The SMILES string of the molecule is O=C(NCCc1ccncc1)[C@@H]1CN(Cc2ccccc2)C[C@H]1S(=O)(=O)c1ccccc1. The molecule has 4 rings (SSSR count). The van der Waals surface area contributed by atoms with Gasteiger partial charge in [0.1, 0.15) is 0 Å². The molecule has 2 aromatic carbocycles. The van der Waals surface area contributed by atoms with E-state index in [1.54, 1.807) is 42.7 Å². The van der Waals surface area contributed by atoms with E-state index < -0.39 is 21.0 Å². The average molecular weight is 450 g/mol. The van der Waals surface area contributed by atoms with Crippen molar-refractivity contribution in [3.05, 3.63) is 96.3 Å². The lowest BCUT2D eigenvalue weighted by Crippen LogP contribution is -2.41. The molecular formula is C25H27N3O3S. The Morgan fingerprint density at radius 1 is 0.906 bits per heavy atom. The van der Waals surface area contributed by atoms with E-state index in [2.05, 4.69) is 15.2 Å². The van der Waals surface area contributed by atoms with Crippen LogP contribution in [-0.4, -0.2) is 49.1 Å². The number of sulfone groups is 1. The van der Waals surface area contributed by atoms with Gasteiger partial charge >= 0.3 is 0 Å². The van der Waals surface area contributed by atoms with Crippen LogP contribution in [0.3, 0.4) is 0 Å². The van der Waals surface area contributed by atoms with Crippen molar-refractivity contribution in [1.82, 2.24) is 15.2 Å². The number of hydrogen-bond acceptors (Lipinski definition) is 5. The van der Waals surface area contributed by atoms with Crippen LogP contribution in [0.15, 0.2) is 90.1 Å². The maximum atomic E-state index is 13.4. The van der Waals surface area contributed by atoms with E-state index in [1.165, 1.54) is 0 Å². The summed E-state index contributed by atoms with van der Waals surface area (Å²) in [7, 11) is -3.65. The molecule has 1 aromatic heterocycles. The van der Waals surface area contributed by atoms with Crippen molar-refractivity contribution in [2.45, 2.75) is 23.1 Å². The first kappa shape index (κ1) is 22.2. The number of hydrogen-bond donors (Lipinski definition) is 1. The van der Waals surface area contributed by atoms with Gasteiger partial charge in [0.2, 0.25) is 5.91 Å². The Hall–Kier alpha value is -3.03.